The molecule has 1 aliphatic heterocycles. The molecule has 0 amide bonds. The van der Waals surface area contributed by atoms with E-state index in [4.69, 9.17) is 14.2 Å². The summed E-state index contributed by atoms with van der Waals surface area (Å²) < 4.78 is 17.3. The summed E-state index contributed by atoms with van der Waals surface area (Å²) in [6.07, 6.45) is 11.1. The molecule has 9 heteroatoms. The van der Waals surface area contributed by atoms with Crippen molar-refractivity contribution in [3.05, 3.63) is 0 Å². The molecule has 0 aromatic carbocycles. The van der Waals surface area contributed by atoms with Crippen LogP contribution in [0.2, 0.25) is 0 Å². The second-order valence-electron chi connectivity index (χ2n) is 11.4. The summed E-state index contributed by atoms with van der Waals surface area (Å²) in [5, 5.41) is 30.6. The molecule has 5 unspecified atom stereocenters. The van der Waals surface area contributed by atoms with Gasteiger partial charge in [0.15, 0.2) is 6.29 Å². The predicted octanol–water partition coefficient (Wildman–Crippen LogP) is 0.935. The molecule has 0 spiro atoms. The molecule has 222 valence electrons. The molecule has 1 rings (SSSR count). The fourth-order valence-electron chi connectivity index (χ4n) is 4.46. The number of rotatable bonds is 21. The van der Waals surface area contributed by atoms with E-state index in [2.05, 4.69) is 28.1 Å². The van der Waals surface area contributed by atoms with E-state index < -0.39 is 30.7 Å². The number of nitrogens with zero attached hydrogens (tertiary/aromatic N) is 1. The Hall–Kier alpha value is -0.0400. The Kier molecular flexibility index (Phi) is 21.7. The van der Waals surface area contributed by atoms with E-state index >= 15 is 0 Å². The van der Waals surface area contributed by atoms with Crippen molar-refractivity contribution in [2.75, 3.05) is 40.9 Å². The number of hydrogen-bond acceptors (Lipinski definition) is 7. The summed E-state index contributed by atoms with van der Waals surface area (Å²) in [6, 6.07) is 0. The van der Waals surface area contributed by atoms with Crippen LogP contribution in [0.5, 0.6) is 0 Å². The first kappa shape index (κ1) is 37.0. The van der Waals surface area contributed by atoms with Gasteiger partial charge in [0.1, 0.15) is 31.0 Å². The van der Waals surface area contributed by atoms with Crippen LogP contribution < -0.4 is 24.0 Å². The smallest absolute Gasteiger partial charge is 0.305 e. The maximum atomic E-state index is 12.1. The minimum Gasteiger partial charge on any atom is -1.00 e. The Morgan fingerprint density at radius 3 is 1.78 bits per heavy atom. The van der Waals surface area contributed by atoms with E-state index in [1.54, 1.807) is 0 Å². The molecule has 5 atom stereocenters. The van der Waals surface area contributed by atoms with Gasteiger partial charge in [-0.15, -0.1) is 0 Å². The molecule has 8 nitrogen and oxygen atoms in total. The van der Waals surface area contributed by atoms with Crippen molar-refractivity contribution in [2.45, 2.75) is 134 Å². The zero-order valence-corrected chi connectivity index (χ0v) is 26.1. The molecule has 3 N–H and O–H groups in total. The molecule has 0 saturated carbocycles. The van der Waals surface area contributed by atoms with Crippen molar-refractivity contribution in [1.82, 2.24) is 0 Å². The molecule has 1 aliphatic rings. The normalized spacial score (nSPS) is 24.0. The zero-order valence-electron chi connectivity index (χ0n) is 23.9. The van der Waals surface area contributed by atoms with E-state index in [0.29, 0.717) is 13.0 Å². The first-order chi connectivity index (χ1) is 17.2. The van der Waals surface area contributed by atoms with Gasteiger partial charge in [-0.05, 0) is 6.42 Å². The van der Waals surface area contributed by atoms with Gasteiger partial charge < -0.3 is 58.0 Å². The standard InChI is InChI=1S/C28H56NO7.HI/c1-5-6-7-8-9-10-11-12-13-14-15-16-17-19-24(30)35-22-23-25(31)26(32)27(33)28(36-23)34-21-18-20-29(2,3)4;/h23,25-28,31-33H,5-22H2,1-4H3;1H/q+1;/p-1. The molecular weight excluding hydrogens is 589 g/mol. The van der Waals surface area contributed by atoms with Crippen LogP contribution in [0.25, 0.3) is 0 Å². The number of unbranched alkanes of at least 4 members (excludes halogenated alkanes) is 12. The Morgan fingerprint density at radius 2 is 1.27 bits per heavy atom. The molecule has 0 aromatic rings. The average Bonchev–Trinajstić information content (AvgIpc) is 2.83. The zero-order chi connectivity index (χ0) is 26.8. The molecule has 0 radical (unpaired) electrons. The largest absolute Gasteiger partial charge is 1.00 e. The summed E-state index contributed by atoms with van der Waals surface area (Å²) in [5.74, 6) is -0.338. The maximum Gasteiger partial charge on any atom is 0.305 e. The predicted molar refractivity (Wildman–Crippen MR) is 141 cm³/mol. The van der Waals surface area contributed by atoms with Crippen LogP contribution in [0.15, 0.2) is 0 Å². The van der Waals surface area contributed by atoms with Crippen molar-refractivity contribution < 1.29 is 62.8 Å². The number of halogens is 1. The Labute approximate surface area is 243 Å². The fourth-order valence-corrected chi connectivity index (χ4v) is 4.46. The van der Waals surface area contributed by atoms with Crippen LogP contribution in [-0.2, 0) is 19.0 Å². The van der Waals surface area contributed by atoms with E-state index in [1.165, 1.54) is 64.2 Å². The number of hydrogen-bond donors (Lipinski definition) is 3. The SMILES string of the molecule is CCCCCCCCCCCCCCCC(=O)OCC1OC(OCCC[N+](C)(C)C)C(O)C(O)C1O.[I-]. The van der Waals surface area contributed by atoms with Crippen LogP contribution in [0.3, 0.4) is 0 Å². The van der Waals surface area contributed by atoms with Gasteiger partial charge in [0, 0.05) is 12.8 Å². The monoisotopic (exact) mass is 645 g/mol. The molecule has 1 heterocycles. The summed E-state index contributed by atoms with van der Waals surface area (Å²) >= 11 is 0. The first-order valence-corrected chi connectivity index (χ1v) is 14.4. The molecule has 37 heavy (non-hydrogen) atoms. The highest BCUT2D eigenvalue weighted by atomic mass is 127. The highest BCUT2D eigenvalue weighted by Gasteiger charge is 2.44. The lowest BCUT2D eigenvalue weighted by Gasteiger charge is -2.40. The lowest BCUT2D eigenvalue weighted by atomic mass is 9.99. The van der Waals surface area contributed by atoms with Crippen LogP contribution in [0, 0.1) is 0 Å². The van der Waals surface area contributed by atoms with E-state index in [9.17, 15) is 20.1 Å². The average molecular weight is 646 g/mol. The summed E-state index contributed by atoms with van der Waals surface area (Å²) in [5.41, 5.74) is 0. The Balaban J connectivity index is 0.0000130. The van der Waals surface area contributed by atoms with Gasteiger partial charge in [-0.2, -0.15) is 0 Å². The minimum atomic E-state index is -1.42. The van der Waals surface area contributed by atoms with Crippen LogP contribution in [-0.4, -0.2) is 97.4 Å². The summed E-state index contributed by atoms with van der Waals surface area (Å²) in [7, 11) is 6.23. The molecule has 1 saturated heterocycles. The van der Waals surface area contributed by atoms with Crippen LogP contribution in [0.4, 0.5) is 0 Å². The van der Waals surface area contributed by atoms with Gasteiger partial charge in [-0.3, -0.25) is 4.79 Å². The van der Waals surface area contributed by atoms with Crippen molar-refractivity contribution in [3.63, 3.8) is 0 Å². The number of ether oxygens (including phenoxy) is 3. The van der Waals surface area contributed by atoms with Crippen molar-refractivity contribution in [2.24, 2.45) is 0 Å². The van der Waals surface area contributed by atoms with Gasteiger partial charge in [-0.25, -0.2) is 0 Å². The minimum absolute atomic E-state index is 0. The number of aliphatic hydroxyl groups excluding tert-OH is 3. The second-order valence-corrected chi connectivity index (χ2v) is 11.4. The number of carbonyl (C=O) groups is 1. The Morgan fingerprint density at radius 1 is 0.757 bits per heavy atom. The lowest BCUT2D eigenvalue weighted by molar-refractivity contribution is -0.870. The molecular formula is C28H56INO7. The number of quaternary nitrogens is 1. The Bertz CT molecular complexity index is 561. The van der Waals surface area contributed by atoms with Crippen LogP contribution >= 0.6 is 0 Å². The lowest BCUT2D eigenvalue weighted by Crippen LogP contribution is -3.00. The highest BCUT2D eigenvalue weighted by Crippen LogP contribution is 2.23. The third-order valence-electron chi connectivity index (χ3n) is 6.82. The molecule has 0 aromatic heterocycles. The third kappa shape index (κ3) is 18.0. The van der Waals surface area contributed by atoms with E-state index in [1.807, 2.05) is 0 Å². The molecule has 1 fully saturated rings. The first-order valence-electron chi connectivity index (χ1n) is 14.4. The topological polar surface area (TPSA) is 105 Å². The third-order valence-corrected chi connectivity index (χ3v) is 6.82. The van der Waals surface area contributed by atoms with Gasteiger partial charge in [-0.1, -0.05) is 84.0 Å². The quantitative estimate of drug-likeness (QED) is 0.0739. The molecule has 0 aliphatic carbocycles. The van der Waals surface area contributed by atoms with Gasteiger partial charge in [0.25, 0.3) is 0 Å². The summed E-state index contributed by atoms with van der Waals surface area (Å²) in [4.78, 5) is 12.1. The van der Waals surface area contributed by atoms with Gasteiger partial charge in [0.05, 0.1) is 34.3 Å². The van der Waals surface area contributed by atoms with E-state index in [-0.39, 0.29) is 36.6 Å². The number of esters is 1. The second kappa shape index (κ2) is 21.7. The fraction of sp³-hybridized carbons (Fsp3) is 0.964. The number of aliphatic hydroxyl groups is 3. The van der Waals surface area contributed by atoms with Crippen molar-refractivity contribution in [3.8, 4) is 0 Å². The number of carbonyl (C=O) groups excluding carboxylic acids is 1. The van der Waals surface area contributed by atoms with Gasteiger partial charge >= 0.3 is 5.97 Å². The van der Waals surface area contributed by atoms with E-state index in [0.717, 1.165) is 36.7 Å². The van der Waals surface area contributed by atoms with Gasteiger partial charge in [0.2, 0.25) is 0 Å². The van der Waals surface area contributed by atoms with Crippen molar-refractivity contribution >= 4 is 5.97 Å². The van der Waals surface area contributed by atoms with Crippen LogP contribution in [0.1, 0.15) is 103 Å². The maximum absolute atomic E-state index is 12.1. The summed E-state index contributed by atoms with van der Waals surface area (Å²) in [6.45, 7) is 3.31. The molecule has 0 bridgehead atoms. The highest BCUT2D eigenvalue weighted by molar-refractivity contribution is 5.69. The van der Waals surface area contributed by atoms with Crippen molar-refractivity contribution in [1.29, 1.82) is 0 Å².